The summed E-state index contributed by atoms with van der Waals surface area (Å²) in [7, 11) is 0. The fourth-order valence-corrected chi connectivity index (χ4v) is 3.69. The van der Waals surface area contributed by atoms with E-state index in [9.17, 15) is 10.1 Å². The lowest BCUT2D eigenvalue weighted by molar-refractivity contribution is 0.0941. The topological polar surface area (TPSA) is 65.8 Å². The summed E-state index contributed by atoms with van der Waals surface area (Å²) in [5, 5.41) is 13.4. The number of para-hydroxylation sites is 1. The van der Waals surface area contributed by atoms with Crippen LogP contribution in [0.15, 0.2) is 84.9 Å². The molecule has 0 spiro atoms. The maximum atomic E-state index is 13.5. The molecule has 1 amide bonds. The van der Waals surface area contributed by atoms with Gasteiger partial charge in [-0.15, -0.1) is 0 Å². The molecule has 1 atom stereocenters. The minimum Gasteiger partial charge on any atom is -0.345 e. The van der Waals surface area contributed by atoms with Crippen LogP contribution < -0.4 is 5.32 Å². The van der Waals surface area contributed by atoms with Gasteiger partial charge < -0.3 is 5.32 Å². The quantitative estimate of drug-likeness (QED) is 0.491. The zero-order chi connectivity index (χ0) is 20.9. The van der Waals surface area contributed by atoms with Crippen LogP contribution in [0.2, 0.25) is 0 Å². The molecular weight excluding hydrogens is 370 g/mol. The minimum atomic E-state index is -0.201. The monoisotopic (exact) mass is 391 g/mol. The SMILES string of the molecule is C[C@H](NC(=O)c1c(CC#N)c(-c2ccccc2)nc2ccccc12)c1ccccc1. The Morgan fingerprint density at radius 1 is 0.967 bits per heavy atom. The second-order valence-corrected chi connectivity index (χ2v) is 7.14. The summed E-state index contributed by atoms with van der Waals surface area (Å²) in [6.45, 7) is 1.96. The molecule has 0 radical (unpaired) electrons. The molecule has 4 rings (SSSR count). The van der Waals surface area contributed by atoms with Crippen molar-refractivity contribution in [2.45, 2.75) is 19.4 Å². The molecule has 0 saturated carbocycles. The Balaban J connectivity index is 1.88. The Labute approximate surface area is 175 Å². The fraction of sp³-hybridized carbons (Fsp3) is 0.115. The Kier molecular flexibility index (Phi) is 5.54. The summed E-state index contributed by atoms with van der Waals surface area (Å²) >= 11 is 0. The highest BCUT2D eigenvalue weighted by atomic mass is 16.1. The molecule has 1 aromatic heterocycles. The summed E-state index contributed by atoms with van der Waals surface area (Å²) < 4.78 is 0. The molecule has 0 aliphatic heterocycles. The third-order valence-corrected chi connectivity index (χ3v) is 5.17. The van der Waals surface area contributed by atoms with Gasteiger partial charge >= 0.3 is 0 Å². The molecule has 0 saturated heterocycles. The molecule has 0 fully saturated rings. The number of hydrogen-bond acceptors (Lipinski definition) is 3. The molecule has 4 heteroatoms. The largest absolute Gasteiger partial charge is 0.345 e. The highest BCUT2D eigenvalue weighted by Gasteiger charge is 2.22. The van der Waals surface area contributed by atoms with Crippen LogP contribution in [-0.4, -0.2) is 10.9 Å². The van der Waals surface area contributed by atoms with Crippen molar-refractivity contribution in [2.75, 3.05) is 0 Å². The maximum Gasteiger partial charge on any atom is 0.252 e. The Bertz CT molecular complexity index is 1230. The molecule has 1 heterocycles. The van der Waals surface area contributed by atoms with Crippen LogP contribution in [0, 0.1) is 11.3 Å². The van der Waals surface area contributed by atoms with E-state index >= 15 is 0 Å². The first-order chi connectivity index (χ1) is 14.7. The predicted molar refractivity (Wildman–Crippen MR) is 119 cm³/mol. The number of aromatic nitrogens is 1. The second-order valence-electron chi connectivity index (χ2n) is 7.14. The van der Waals surface area contributed by atoms with E-state index in [1.54, 1.807) is 0 Å². The van der Waals surface area contributed by atoms with Crippen LogP contribution in [0.1, 0.15) is 34.5 Å². The number of nitriles is 1. The maximum absolute atomic E-state index is 13.5. The van der Waals surface area contributed by atoms with Gasteiger partial charge in [-0.25, -0.2) is 4.98 Å². The number of carbonyl (C=O) groups excluding carboxylic acids is 1. The highest BCUT2D eigenvalue weighted by molar-refractivity contribution is 6.09. The van der Waals surface area contributed by atoms with Gasteiger partial charge in [-0.2, -0.15) is 5.26 Å². The number of hydrogen-bond donors (Lipinski definition) is 1. The van der Waals surface area contributed by atoms with Crippen molar-refractivity contribution in [3.05, 3.63) is 102 Å². The van der Waals surface area contributed by atoms with Crippen molar-refractivity contribution < 1.29 is 4.79 Å². The van der Waals surface area contributed by atoms with E-state index in [-0.39, 0.29) is 18.4 Å². The van der Waals surface area contributed by atoms with Gasteiger partial charge in [0.25, 0.3) is 5.91 Å². The molecule has 30 heavy (non-hydrogen) atoms. The zero-order valence-corrected chi connectivity index (χ0v) is 16.7. The van der Waals surface area contributed by atoms with E-state index in [0.717, 1.165) is 22.0 Å². The Hall–Kier alpha value is -3.97. The van der Waals surface area contributed by atoms with Gasteiger partial charge in [0.1, 0.15) is 0 Å². The summed E-state index contributed by atoms with van der Waals surface area (Å²) in [6.07, 6.45) is 0.102. The standard InChI is InChI=1S/C26H21N3O/c1-18(19-10-4-2-5-11-19)28-26(30)24-21-14-8-9-15-23(21)29-25(22(24)16-17-27)20-12-6-3-7-13-20/h2-15,18H,16H2,1H3,(H,28,30)/t18-/m0/s1. The number of rotatable bonds is 5. The molecular formula is C26H21N3O. The van der Waals surface area contributed by atoms with Gasteiger partial charge in [-0.3, -0.25) is 4.79 Å². The first-order valence-corrected chi connectivity index (χ1v) is 9.89. The summed E-state index contributed by atoms with van der Waals surface area (Å²) in [6, 6.07) is 29.2. The van der Waals surface area contributed by atoms with Gasteiger partial charge in [0.15, 0.2) is 0 Å². The predicted octanol–water partition coefficient (Wildman–Crippen LogP) is 5.46. The average molecular weight is 391 g/mol. The van der Waals surface area contributed by atoms with Gasteiger partial charge in [0, 0.05) is 16.5 Å². The number of fused-ring (bicyclic) bond motifs is 1. The number of pyridine rings is 1. The summed E-state index contributed by atoms with van der Waals surface area (Å²) in [4.78, 5) is 18.3. The van der Waals surface area contributed by atoms with E-state index in [0.29, 0.717) is 16.8 Å². The molecule has 4 aromatic rings. The summed E-state index contributed by atoms with van der Waals surface area (Å²) in [5.41, 5.74) is 4.49. The van der Waals surface area contributed by atoms with Crippen LogP contribution >= 0.6 is 0 Å². The van der Waals surface area contributed by atoms with E-state index in [2.05, 4.69) is 11.4 Å². The van der Waals surface area contributed by atoms with Crippen molar-refractivity contribution >= 4 is 16.8 Å². The zero-order valence-electron chi connectivity index (χ0n) is 16.7. The third-order valence-electron chi connectivity index (χ3n) is 5.17. The molecule has 146 valence electrons. The van der Waals surface area contributed by atoms with Crippen molar-refractivity contribution in [1.29, 1.82) is 5.26 Å². The molecule has 0 bridgehead atoms. The Morgan fingerprint density at radius 3 is 2.30 bits per heavy atom. The van der Waals surface area contributed by atoms with Gasteiger partial charge in [-0.1, -0.05) is 78.9 Å². The van der Waals surface area contributed by atoms with E-state index in [1.807, 2.05) is 91.9 Å². The molecule has 4 nitrogen and oxygen atoms in total. The Morgan fingerprint density at radius 2 is 1.60 bits per heavy atom. The van der Waals surface area contributed by atoms with Crippen LogP contribution in [0.3, 0.4) is 0 Å². The fourth-order valence-electron chi connectivity index (χ4n) is 3.69. The van der Waals surface area contributed by atoms with Crippen LogP contribution in [-0.2, 0) is 6.42 Å². The van der Waals surface area contributed by atoms with Crippen molar-refractivity contribution in [3.8, 4) is 17.3 Å². The van der Waals surface area contributed by atoms with Gasteiger partial charge in [-0.05, 0) is 18.6 Å². The highest BCUT2D eigenvalue weighted by Crippen LogP contribution is 2.31. The molecule has 3 aromatic carbocycles. The number of nitrogens with one attached hydrogen (secondary N) is 1. The average Bonchev–Trinajstić information content (AvgIpc) is 2.79. The van der Waals surface area contributed by atoms with Gasteiger partial charge in [0.05, 0.1) is 35.3 Å². The van der Waals surface area contributed by atoms with Crippen molar-refractivity contribution in [1.82, 2.24) is 10.3 Å². The van der Waals surface area contributed by atoms with E-state index in [4.69, 9.17) is 4.98 Å². The number of carbonyl (C=O) groups is 1. The number of amides is 1. The smallest absolute Gasteiger partial charge is 0.252 e. The molecule has 0 aliphatic carbocycles. The number of nitrogens with zero attached hydrogens (tertiary/aromatic N) is 2. The molecule has 0 unspecified atom stereocenters. The third kappa shape index (κ3) is 3.78. The lowest BCUT2D eigenvalue weighted by Gasteiger charge is -2.19. The molecule has 0 aliphatic rings. The second kappa shape index (κ2) is 8.59. The first-order valence-electron chi connectivity index (χ1n) is 9.89. The molecule has 1 N–H and O–H groups in total. The lowest BCUT2D eigenvalue weighted by atomic mass is 9.94. The van der Waals surface area contributed by atoms with Crippen LogP contribution in [0.25, 0.3) is 22.2 Å². The minimum absolute atomic E-state index is 0.102. The number of benzene rings is 3. The van der Waals surface area contributed by atoms with E-state index < -0.39 is 0 Å². The normalized spacial score (nSPS) is 11.6. The van der Waals surface area contributed by atoms with Crippen LogP contribution in [0.4, 0.5) is 0 Å². The van der Waals surface area contributed by atoms with Crippen molar-refractivity contribution in [3.63, 3.8) is 0 Å². The first kappa shape index (κ1) is 19.4. The van der Waals surface area contributed by atoms with Crippen LogP contribution in [0.5, 0.6) is 0 Å². The summed E-state index contributed by atoms with van der Waals surface area (Å²) in [5.74, 6) is -0.201. The lowest BCUT2D eigenvalue weighted by Crippen LogP contribution is -2.28. The van der Waals surface area contributed by atoms with E-state index in [1.165, 1.54) is 0 Å². The van der Waals surface area contributed by atoms with Gasteiger partial charge in [0.2, 0.25) is 0 Å². The van der Waals surface area contributed by atoms with Crippen molar-refractivity contribution in [2.24, 2.45) is 0 Å².